The zero-order valence-electron chi connectivity index (χ0n) is 23.4. The number of ether oxygens (including phenoxy) is 1. The number of pyridine rings is 1. The SMILES string of the molecule is O=C(CC(c1cccc(Oc2ccccc2)c1)c1cn(Cc2ccccc2)c2ccccc12)NCCc1ccccn1. The lowest BCUT2D eigenvalue weighted by atomic mass is 9.88. The van der Waals surface area contributed by atoms with E-state index in [2.05, 4.69) is 81.7 Å². The molecule has 0 bridgehead atoms. The zero-order valence-corrected chi connectivity index (χ0v) is 23.4. The highest BCUT2D eigenvalue weighted by Crippen LogP contribution is 2.37. The lowest BCUT2D eigenvalue weighted by Gasteiger charge is -2.18. The Bertz CT molecular complexity index is 1750. The molecule has 1 atom stereocenters. The molecule has 2 aromatic heterocycles. The van der Waals surface area contributed by atoms with Crippen LogP contribution in [0.15, 0.2) is 140 Å². The molecule has 0 spiro atoms. The van der Waals surface area contributed by atoms with E-state index in [1.807, 2.05) is 66.7 Å². The second kappa shape index (κ2) is 13.0. The quantitative estimate of drug-likeness (QED) is 0.179. The predicted octanol–water partition coefficient (Wildman–Crippen LogP) is 7.76. The Kier molecular flexibility index (Phi) is 8.37. The minimum Gasteiger partial charge on any atom is -0.457 e. The van der Waals surface area contributed by atoms with Crippen molar-refractivity contribution >= 4 is 16.8 Å². The third kappa shape index (κ3) is 6.58. The second-order valence-corrected chi connectivity index (χ2v) is 10.4. The van der Waals surface area contributed by atoms with E-state index in [9.17, 15) is 4.79 Å². The number of nitrogens with zero attached hydrogens (tertiary/aromatic N) is 2. The number of para-hydroxylation sites is 2. The number of amides is 1. The van der Waals surface area contributed by atoms with Crippen molar-refractivity contribution in [1.29, 1.82) is 0 Å². The van der Waals surface area contributed by atoms with Crippen molar-refractivity contribution in [2.75, 3.05) is 6.54 Å². The first-order valence-electron chi connectivity index (χ1n) is 14.3. The van der Waals surface area contributed by atoms with Crippen molar-refractivity contribution in [2.24, 2.45) is 0 Å². The third-order valence-electron chi connectivity index (χ3n) is 7.45. The van der Waals surface area contributed by atoms with Gasteiger partial charge in [0, 0.05) is 60.8 Å². The van der Waals surface area contributed by atoms with Gasteiger partial charge in [0.2, 0.25) is 5.91 Å². The van der Waals surface area contributed by atoms with Crippen LogP contribution in [-0.4, -0.2) is 22.0 Å². The molecule has 42 heavy (non-hydrogen) atoms. The van der Waals surface area contributed by atoms with Crippen molar-refractivity contribution < 1.29 is 9.53 Å². The third-order valence-corrected chi connectivity index (χ3v) is 7.45. The maximum Gasteiger partial charge on any atom is 0.220 e. The van der Waals surface area contributed by atoms with Crippen molar-refractivity contribution in [3.63, 3.8) is 0 Å². The van der Waals surface area contributed by atoms with Gasteiger partial charge in [-0.3, -0.25) is 9.78 Å². The molecule has 4 aromatic carbocycles. The molecule has 6 aromatic rings. The molecule has 1 N–H and O–H groups in total. The summed E-state index contributed by atoms with van der Waals surface area (Å²) < 4.78 is 8.47. The van der Waals surface area contributed by atoms with Crippen LogP contribution in [0.4, 0.5) is 0 Å². The molecule has 208 valence electrons. The van der Waals surface area contributed by atoms with E-state index in [1.54, 1.807) is 6.20 Å². The Morgan fingerprint density at radius 2 is 1.52 bits per heavy atom. The molecule has 5 heteroatoms. The minimum atomic E-state index is -0.166. The minimum absolute atomic E-state index is 0.00482. The van der Waals surface area contributed by atoms with Gasteiger partial charge in [0.1, 0.15) is 11.5 Å². The maximum absolute atomic E-state index is 13.4. The molecular weight excluding hydrogens is 518 g/mol. The van der Waals surface area contributed by atoms with Crippen LogP contribution in [0, 0.1) is 0 Å². The largest absolute Gasteiger partial charge is 0.457 e. The van der Waals surface area contributed by atoms with Crippen LogP contribution in [0.25, 0.3) is 10.9 Å². The molecule has 0 aliphatic carbocycles. The predicted molar refractivity (Wildman–Crippen MR) is 168 cm³/mol. The van der Waals surface area contributed by atoms with Gasteiger partial charge in [-0.15, -0.1) is 0 Å². The number of fused-ring (bicyclic) bond motifs is 1. The number of rotatable bonds is 11. The topological polar surface area (TPSA) is 56.1 Å². The van der Waals surface area contributed by atoms with Gasteiger partial charge in [0.25, 0.3) is 0 Å². The first-order chi connectivity index (χ1) is 20.7. The van der Waals surface area contributed by atoms with Gasteiger partial charge >= 0.3 is 0 Å². The fourth-order valence-corrected chi connectivity index (χ4v) is 5.42. The first-order valence-corrected chi connectivity index (χ1v) is 14.3. The average Bonchev–Trinajstić information content (AvgIpc) is 3.39. The zero-order chi connectivity index (χ0) is 28.6. The number of nitrogens with one attached hydrogen (secondary N) is 1. The Balaban J connectivity index is 1.33. The summed E-state index contributed by atoms with van der Waals surface area (Å²) in [6.45, 7) is 1.29. The van der Waals surface area contributed by atoms with E-state index in [-0.39, 0.29) is 11.8 Å². The van der Waals surface area contributed by atoms with E-state index in [0.717, 1.165) is 45.8 Å². The molecule has 1 unspecified atom stereocenters. The van der Waals surface area contributed by atoms with E-state index in [4.69, 9.17) is 4.74 Å². The standard InChI is InChI=1S/C37H33N3O2/c41-37(39-23-21-30-15-9-10-22-38-30)25-34(29-14-11-18-32(24-29)42-31-16-5-2-6-17-31)35-27-40(26-28-12-3-1-4-13-28)36-20-8-7-19-33(35)36/h1-20,22,24,27,34H,21,23,25-26H2,(H,39,41). The first kappa shape index (κ1) is 27.0. The van der Waals surface area contributed by atoms with Gasteiger partial charge in [-0.2, -0.15) is 0 Å². The molecule has 0 radical (unpaired) electrons. The molecule has 2 heterocycles. The van der Waals surface area contributed by atoms with Crippen molar-refractivity contribution in [3.05, 3.63) is 162 Å². The second-order valence-electron chi connectivity index (χ2n) is 10.4. The van der Waals surface area contributed by atoms with Crippen LogP contribution in [0.3, 0.4) is 0 Å². The van der Waals surface area contributed by atoms with E-state index >= 15 is 0 Å². The van der Waals surface area contributed by atoms with Crippen molar-refractivity contribution in [2.45, 2.75) is 25.3 Å². The van der Waals surface area contributed by atoms with Gasteiger partial charge in [0.15, 0.2) is 0 Å². The molecule has 0 fully saturated rings. The molecular formula is C37H33N3O2. The van der Waals surface area contributed by atoms with Crippen LogP contribution < -0.4 is 10.1 Å². The maximum atomic E-state index is 13.4. The highest BCUT2D eigenvalue weighted by atomic mass is 16.5. The number of hydrogen-bond donors (Lipinski definition) is 1. The summed E-state index contributed by atoms with van der Waals surface area (Å²) in [7, 11) is 0. The summed E-state index contributed by atoms with van der Waals surface area (Å²) in [4.78, 5) is 17.8. The highest BCUT2D eigenvalue weighted by molar-refractivity contribution is 5.87. The summed E-state index contributed by atoms with van der Waals surface area (Å²) in [5.41, 5.74) is 5.49. The summed E-state index contributed by atoms with van der Waals surface area (Å²) in [6, 6.07) is 42.6. The van der Waals surface area contributed by atoms with Gasteiger partial charge in [-0.25, -0.2) is 0 Å². The lowest BCUT2D eigenvalue weighted by Crippen LogP contribution is -2.27. The summed E-state index contributed by atoms with van der Waals surface area (Å²) in [6.07, 6.45) is 5.00. The number of aromatic nitrogens is 2. The highest BCUT2D eigenvalue weighted by Gasteiger charge is 2.23. The van der Waals surface area contributed by atoms with Gasteiger partial charge in [0.05, 0.1) is 0 Å². The summed E-state index contributed by atoms with van der Waals surface area (Å²) in [5, 5.41) is 4.28. The number of carbonyl (C=O) groups is 1. The molecule has 0 aliphatic rings. The van der Waals surface area contributed by atoms with Crippen molar-refractivity contribution in [3.8, 4) is 11.5 Å². The smallest absolute Gasteiger partial charge is 0.220 e. The average molecular weight is 552 g/mol. The van der Waals surface area contributed by atoms with Crippen LogP contribution in [0.5, 0.6) is 11.5 Å². The van der Waals surface area contributed by atoms with E-state index in [0.29, 0.717) is 19.4 Å². The summed E-state index contributed by atoms with van der Waals surface area (Å²) in [5.74, 6) is 1.36. The number of carbonyl (C=O) groups excluding carboxylic acids is 1. The molecule has 0 aliphatic heterocycles. The molecule has 0 saturated carbocycles. The Morgan fingerprint density at radius 3 is 2.33 bits per heavy atom. The lowest BCUT2D eigenvalue weighted by molar-refractivity contribution is -0.121. The van der Waals surface area contributed by atoms with Crippen LogP contribution >= 0.6 is 0 Å². The van der Waals surface area contributed by atoms with E-state index < -0.39 is 0 Å². The van der Waals surface area contributed by atoms with Gasteiger partial charge < -0.3 is 14.6 Å². The molecule has 0 saturated heterocycles. The van der Waals surface area contributed by atoms with Crippen LogP contribution in [0.1, 0.15) is 34.7 Å². The molecule has 5 nitrogen and oxygen atoms in total. The summed E-state index contributed by atoms with van der Waals surface area (Å²) >= 11 is 0. The fourth-order valence-electron chi connectivity index (χ4n) is 5.42. The van der Waals surface area contributed by atoms with Crippen molar-refractivity contribution in [1.82, 2.24) is 14.9 Å². The van der Waals surface area contributed by atoms with Crippen LogP contribution in [0.2, 0.25) is 0 Å². The van der Waals surface area contributed by atoms with E-state index in [1.165, 1.54) is 5.56 Å². The fraction of sp³-hybridized carbons (Fsp3) is 0.135. The Hall–Kier alpha value is -5.16. The Labute approximate surface area is 246 Å². The van der Waals surface area contributed by atoms with Crippen LogP contribution in [-0.2, 0) is 17.8 Å². The normalized spacial score (nSPS) is 11.7. The van der Waals surface area contributed by atoms with Gasteiger partial charge in [-0.1, -0.05) is 84.9 Å². The molecule has 6 rings (SSSR count). The van der Waals surface area contributed by atoms with Gasteiger partial charge in [-0.05, 0) is 59.2 Å². The number of hydrogen-bond acceptors (Lipinski definition) is 3. The molecule has 1 amide bonds. The Morgan fingerprint density at radius 1 is 0.786 bits per heavy atom. The monoisotopic (exact) mass is 551 g/mol. The number of benzene rings is 4.